The molecule has 144 valence electrons. The third-order valence-electron chi connectivity index (χ3n) is 4.38. The number of ether oxygens (including phenoxy) is 2. The van der Waals surface area contributed by atoms with Gasteiger partial charge in [-0.2, -0.15) is 0 Å². The number of carbonyl (C=O) groups excluding carboxylic acids is 1. The minimum Gasteiger partial charge on any atom is -0.494 e. The average molecular weight is 396 g/mol. The van der Waals surface area contributed by atoms with Gasteiger partial charge in [-0.3, -0.25) is 14.8 Å². The highest BCUT2D eigenvalue weighted by Gasteiger charge is 2.24. The van der Waals surface area contributed by atoms with Crippen LogP contribution in [0, 0.1) is 6.92 Å². The Morgan fingerprint density at radius 2 is 2.18 bits per heavy atom. The number of rotatable bonds is 6. The summed E-state index contributed by atoms with van der Waals surface area (Å²) >= 11 is 1.57. The molecule has 0 spiro atoms. The van der Waals surface area contributed by atoms with Crippen molar-refractivity contribution in [2.75, 3.05) is 13.7 Å². The maximum Gasteiger partial charge on any atom is 0.218 e. The molecule has 3 N–H and O–H groups in total. The largest absolute Gasteiger partial charge is 0.494 e. The van der Waals surface area contributed by atoms with Gasteiger partial charge in [-0.15, -0.1) is 0 Å². The third-order valence-corrected chi connectivity index (χ3v) is 5.60. The maximum absolute atomic E-state index is 11.1. The van der Waals surface area contributed by atoms with Crippen LogP contribution in [0.25, 0.3) is 10.9 Å². The summed E-state index contributed by atoms with van der Waals surface area (Å²) in [5.74, 6) is 1.69. The standard InChI is InChI=1S/C20H20N4O3S/c1-11-3-4-13(9-22-11)27-14-5-12-6-16(24-19(12)17(7-14)26-2)20-23-10-15(28-20)8-18(21)25/h3-7,9,15,24H,8,10H2,1-2H3,(H2,21,25). The van der Waals surface area contributed by atoms with Gasteiger partial charge in [0.2, 0.25) is 5.91 Å². The normalized spacial score (nSPS) is 16.2. The number of methoxy groups -OCH3 is 1. The Bertz CT molecular complexity index is 1060. The smallest absolute Gasteiger partial charge is 0.218 e. The van der Waals surface area contributed by atoms with Crippen molar-refractivity contribution in [1.29, 1.82) is 0 Å². The number of amides is 1. The van der Waals surface area contributed by atoms with Crippen molar-refractivity contribution < 1.29 is 14.3 Å². The summed E-state index contributed by atoms with van der Waals surface area (Å²) < 4.78 is 11.5. The molecule has 28 heavy (non-hydrogen) atoms. The highest BCUT2D eigenvalue weighted by molar-refractivity contribution is 8.15. The fourth-order valence-electron chi connectivity index (χ4n) is 3.07. The second kappa shape index (κ2) is 7.55. The van der Waals surface area contributed by atoms with E-state index in [1.54, 1.807) is 25.1 Å². The van der Waals surface area contributed by atoms with E-state index >= 15 is 0 Å². The number of nitrogens with one attached hydrogen (secondary N) is 1. The second-order valence-corrected chi connectivity index (χ2v) is 7.86. The number of aromatic amines is 1. The van der Waals surface area contributed by atoms with Gasteiger partial charge in [-0.25, -0.2) is 0 Å². The Morgan fingerprint density at radius 3 is 2.89 bits per heavy atom. The van der Waals surface area contributed by atoms with Crippen LogP contribution in [0.3, 0.4) is 0 Å². The first-order valence-electron chi connectivity index (χ1n) is 8.83. The second-order valence-electron chi connectivity index (χ2n) is 6.57. The number of aryl methyl sites for hydroxylation is 1. The van der Waals surface area contributed by atoms with Crippen molar-refractivity contribution >= 4 is 33.6 Å². The number of H-pyrrole nitrogens is 1. The van der Waals surface area contributed by atoms with E-state index in [1.807, 2.05) is 37.3 Å². The van der Waals surface area contributed by atoms with Gasteiger partial charge in [0.15, 0.2) is 0 Å². The Balaban J connectivity index is 1.62. The molecule has 3 heterocycles. The molecule has 0 aliphatic carbocycles. The topological polar surface area (TPSA) is 103 Å². The first-order valence-corrected chi connectivity index (χ1v) is 9.71. The van der Waals surface area contributed by atoms with Crippen LogP contribution in [0.2, 0.25) is 0 Å². The molecule has 1 aromatic carbocycles. The molecule has 1 aliphatic heterocycles. The fraction of sp³-hybridized carbons (Fsp3) is 0.250. The number of fused-ring (bicyclic) bond motifs is 1. The van der Waals surface area contributed by atoms with Gasteiger partial charge in [0.1, 0.15) is 22.3 Å². The molecule has 3 aromatic rings. The van der Waals surface area contributed by atoms with E-state index in [1.165, 1.54) is 0 Å². The van der Waals surface area contributed by atoms with Crippen molar-refractivity contribution in [2.45, 2.75) is 18.6 Å². The Kier molecular flexibility index (Phi) is 4.95. The average Bonchev–Trinajstić information content (AvgIpc) is 3.29. The van der Waals surface area contributed by atoms with Crippen LogP contribution in [-0.2, 0) is 4.79 Å². The number of aliphatic imine (C=N–C) groups is 1. The molecule has 0 saturated heterocycles. The quantitative estimate of drug-likeness (QED) is 0.665. The number of nitrogens with two attached hydrogens (primary N) is 1. The number of benzene rings is 1. The van der Waals surface area contributed by atoms with E-state index in [2.05, 4.69) is 15.0 Å². The monoisotopic (exact) mass is 396 g/mol. The zero-order chi connectivity index (χ0) is 19.7. The number of nitrogens with zero attached hydrogens (tertiary/aromatic N) is 2. The number of thioether (sulfide) groups is 1. The number of hydrogen-bond acceptors (Lipinski definition) is 6. The molecule has 2 aromatic heterocycles. The van der Waals surface area contributed by atoms with Crippen molar-refractivity contribution in [2.24, 2.45) is 10.7 Å². The zero-order valence-corrected chi connectivity index (χ0v) is 16.4. The first-order chi connectivity index (χ1) is 13.5. The molecule has 0 saturated carbocycles. The summed E-state index contributed by atoms with van der Waals surface area (Å²) in [6.45, 7) is 2.52. The van der Waals surface area contributed by atoms with Crippen LogP contribution in [0.1, 0.15) is 17.8 Å². The fourth-order valence-corrected chi connectivity index (χ4v) is 4.17. The molecule has 1 amide bonds. The van der Waals surface area contributed by atoms with Gasteiger partial charge >= 0.3 is 0 Å². The number of carbonyl (C=O) groups is 1. The lowest BCUT2D eigenvalue weighted by Crippen LogP contribution is -2.18. The number of aromatic nitrogens is 2. The highest BCUT2D eigenvalue weighted by atomic mass is 32.2. The lowest BCUT2D eigenvalue weighted by atomic mass is 10.2. The molecule has 8 heteroatoms. The number of hydrogen-bond donors (Lipinski definition) is 2. The van der Waals surface area contributed by atoms with E-state index in [0.29, 0.717) is 30.2 Å². The summed E-state index contributed by atoms with van der Waals surface area (Å²) in [6, 6.07) is 9.57. The van der Waals surface area contributed by atoms with Crippen LogP contribution < -0.4 is 15.2 Å². The number of primary amides is 1. The molecule has 1 aliphatic rings. The Morgan fingerprint density at radius 1 is 1.32 bits per heavy atom. The maximum atomic E-state index is 11.1. The van der Waals surface area contributed by atoms with Crippen molar-refractivity contribution in [3.63, 3.8) is 0 Å². The molecule has 1 atom stereocenters. The van der Waals surface area contributed by atoms with Crippen LogP contribution in [0.15, 0.2) is 41.5 Å². The van der Waals surface area contributed by atoms with Gasteiger partial charge in [0.05, 0.1) is 31.1 Å². The minimum atomic E-state index is -0.306. The van der Waals surface area contributed by atoms with Gasteiger partial charge in [-0.1, -0.05) is 11.8 Å². The molecule has 7 nitrogen and oxygen atoms in total. The summed E-state index contributed by atoms with van der Waals surface area (Å²) in [6.07, 6.45) is 2.02. The Hall–Kier alpha value is -3.00. The molecular formula is C20H20N4O3S. The van der Waals surface area contributed by atoms with Crippen molar-refractivity contribution in [1.82, 2.24) is 9.97 Å². The minimum absolute atomic E-state index is 0.0914. The lowest BCUT2D eigenvalue weighted by molar-refractivity contribution is -0.117. The van der Waals surface area contributed by atoms with Crippen LogP contribution in [0.4, 0.5) is 0 Å². The van der Waals surface area contributed by atoms with Gasteiger partial charge in [-0.05, 0) is 31.2 Å². The predicted octanol–water partition coefficient (Wildman–Crippen LogP) is 3.41. The van der Waals surface area contributed by atoms with E-state index in [-0.39, 0.29) is 11.2 Å². The molecule has 1 unspecified atom stereocenters. The SMILES string of the molecule is COc1cc(Oc2ccc(C)nc2)cc2cc(C3=NCC(CC(N)=O)S3)[nH]c12. The first kappa shape index (κ1) is 18.4. The summed E-state index contributed by atoms with van der Waals surface area (Å²) in [4.78, 5) is 23.3. The van der Waals surface area contributed by atoms with Crippen LogP contribution in [0.5, 0.6) is 17.2 Å². The van der Waals surface area contributed by atoms with E-state index < -0.39 is 0 Å². The van der Waals surface area contributed by atoms with E-state index in [9.17, 15) is 4.79 Å². The Labute approximate surface area is 166 Å². The molecular weight excluding hydrogens is 376 g/mol. The van der Waals surface area contributed by atoms with Gasteiger partial charge < -0.3 is 20.2 Å². The van der Waals surface area contributed by atoms with Crippen molar-refractivity contribution in [3.05, 3.63) is 47.9 Å². The molecule has 0 bridgehead atoms. The summed E-state index contributed by atoms with van der Waals surface area (Å²) in [5, 5.41) is 1.91. The summed E-state index contributed by atoms with van der Waals surface area (Å²) in [5.41, 5.74) is 7.99. The van der Waals surface area contributed by atoms with Gasteiger partial charge in [0.25, 0.3) is 0 Å². The molecule has 0 fully saturated rings. The number of pyridine rings is 1. The summed E-state index contributed by atoms with van der Waals surface area (Å²) in [7, 11) is 1.62. The van der Waals surface area contributed by atoms with E-state index in [0.717, 1.165) is 27.3 Å². The third kappa shape index (κ3) is 3.82. The highest BCUT2D eigenvalue weighted by Crippen LogP contribution is 2.35. The van der Waals surface area contributed by atoms with Crippen molar-refractivity contribution in [3.8, 4) is 17.2 Å². The lowest BCUT2D eigenvalue weighted by Gasteiger charge is -2.08. The van der Waals surface area contributed by atoms with Gasteiger partial charge in [0, 0.05) is 28.8 Å². The van der Waals surface area contributed by atoms with Crippen LogP contribution in [-0.4, -0.2) is 39.8 Å². The van der Waals surface area contributed by atoms with Crippen LogP contribution >= 0.6 is 11.8 Å². The predicted molar refractivity (Wildman–Crippen MR) is 110 cm³/mol. The molecule has 4 rings (SSSR count). The molecule has 0 radical (unpaired) electrons. The van der Waals surface area contributed by atoms with E-state index in [4.69, 9.17) is 15.2 Å². The zero-order valence-electron chi connectivity index (χ0n) is 15.6.